The van der Waals surface area contributed by atoms with Crippen molar-refractivity contribution in [3.63, 3.8) is 0 Å². The van der Waals surface area contributed by atoms with Crippen molar-refractivity contribution in [3.05, 3.63) is 29.8 Å². The zero-order valence-electron chi connectivity index (χ0n) is 16.3. The van der Waals surface area contributed by atoms with Crippen LogP contribution in [0.15, 0.2) is 24.3 Å². The molecule has 1 aromatic carbocycles. The normalized spacial score (nSPS) is 25.0. The fraction of sp³-hybridized carbons (Fsp3) is 0.600. The van der Waals surface area contributed by atoms with Crippen LogP contribution in [0.2, 0.25) is 0 Å². The second-order valence-corrected chi connectivity index (χ2v) is 7.90. The lowest BCUT2D eigenvalue weighted by molar-refractivity contribution is -0.274. The van der Waals surface area contributed by atoms with E-state index in [1.165, 1.54) is 24.3 Å². The summed E-state index contributed by atoms with van der Waals surface area (Å²) in [5.74, 6) is -0.122. The highest BCUT2D eigenvalue weighted by atomic mass is 19.4. The molecular formula is C20H23F3N2O5. The number of hydrogen-bond donors (Lipinski definition) is 0. The number of carbonyl (C=O) groups is 2. The molecule has 0 spiro atoms. The third-order valence-corrected chi connectivity index (χ3v) is 5.64. The van der Waals surface area contributed by atoms with Crippen LogP contribution in [0.1, 0.15) is 18.4 Å². The summed E-state index contributed by atoms with van der Waals surface area (Å²) in [7, 11) is 0. The van der Waals surface area contributed by atoms with E-state index < -0.39 is 6.36 Å². The second kappa shape index (κ2) is 8.43. The van der Waals surface area contributed by atoms with Crippen molar-refractivity contribution in [2.75, 3.05) is 32.8 Å². The average molecular weight is 428 g/mol. The molecule has 0 N–H and O–H groups in total. The Balaban J connectivity index is 1.19. The van der Waals surface area contributed by atoms with Crippen LogP contribution in [-0.2, 0) is 20.9 Å². The van der Waals surface area contributed by atoms with E-state index >= 15 is 0 Å². The van der Waals surface area contributed by atoms with E-state index in [1.54, 1.807) is 9.80 Å². The molecule has 30 heavy (non-hydrogen) atoms. The molecule has 3 fully saturated rings. The van der Waals surface area contributed by atoms with E-state index in [2.05, 4.69) is 4.74 Å². The molecule has 3 saturated heterocycles. The Morgan fingerprint density at radius 3 is 2.57 bits per heavy atom. The minimum absolute atomic E-state index is 0.0556. The summed E-state index contributed by atoms with van der Waals surface area (Å²) in [5, 5.41) is 0. The first-order valence-corrected chi connectivity index (χ1v) is 9.90. The summed E-state index contributed by atoms with van der Waals surface area (Å²) >= 11 is 0. The Hall–Kier alpha value is -2.33. The molecule has 0 bridgehead atoms. The van der Waals surface area contributed by atoms with Crippen molar-refractivity contribution >= 4 is 11.8 Å². The lowest BCUT2D eigenvalue weighted by Gasteiger charge is -2.45. The molecule has 3 aliphatic heterocycles. The fourth-order valence-electron chi connectivity index (χ4n) is 4.05. The zero-order chi connectivity index (χ0) is 21.3. The largest absolute Gasteiger partial charge is 0.573 e. The first-order valence-electron chi connectivity index (χ1n) is 9.90. The topological polar surface area (TPSA) is 68.3 Å². The molecule has 0 radical (unpaired) electrons. The first kappa shape index (κ1) is 20.9. The Morgan fingerprint density at radius 2 is 1.87 bits per heavy atom. The Labute approximate surface area is 171 Å². The van der Waals surface area contributed by atoms with Gasteiger partial charge in [-0.15, -0.1) is 13.2 Å². The maximum absolute atomic E-state index is 12.7. The lowest BCUT2D eigenvalue weighted by Crippen LogP contribution is -2.61. The average Bonchev–Trinajstić information content (AvgIpc) is 2.66. The first-order chi connectivity index (χ1) is 14.3. The van der Waals surface area contributed by atoms with Crippen LogP contribution in [0.25, 0.3) is 0 Å². The molecule has 7 nitrogen and oxygen atoms in total. The molecule has 0 aromatic heterocycles. The van der Waals surface area contributed by atoms with Crippen LogP contribution in [0.4, 0.5) is 18.0 Å². The van der Waals surface area contributed by atoms with E-state index in [4.69, 9.17) is 9.47 Å². The minimum Gasteiger partial charge on any atom is -0.406 e. The number of alkyl halides is 3. The second-order valence-electron chi connectivity index (χ2n) is 7.90. The molecule has 3 heterocycles. The number of ketones is 1. The van der Waals surface area contributed by atoms with Gasteiger partial charge in [-0.3, -0.25) is 4.79 Å². The Bertz CT molecular complexity index is 780. The number of urea groups is 1. The Morgan fingerprint density at radius 1 is 1.13 bits per heavy atom. The summed E-state index contributed by atoms with van der Waals surface area (Å²) < 4.78 is 51.7. The number of carbonyl (C=O) groups excluding carboxylic acids is 2. The summed E-state index contributed by atoms with van der Waals surface area (Å²) in [4.78, 5) is 27.7. The van der Waals surface area contributed by atoms with Gasteiger partial charge in [-0.05, 0) is 24.1 Å². The maximum atomic E-state index is 12.7. The standard InChI is InChI=1S/C20H23F3N2O5/c21-20(22,23)30-16-3-1-13(2-4-16)11-28-17-9-25(10-17)19(27)24-6-5-18-14(8-24)7-15(26)12-29-18/h1-4,14,17-18H,5-12H2/t14-,18-/m1/s1. The van der Waals surface area contributed by atoms with Gasteiger partial charge in [0.25, 0.3) is 0 Å². The molecule has 164 valence electrons. The number of piperidine rings is 1. The SMILES string of the molecule is O=C1CO[C@@H]2CCN(C(=O)N3CC(OCc4ccc(OC(F)(F)F)cc4)C3)C[C@H]2C1. The summed E-state index contributed by atoms with van der Waals surface area (Å²) in [6.07, 6.45) is -3.56. The van der Waals surface area contributed by atoms with E-state index in [0.717, 1.165) is 12.0 Å². The number of ether oxygens (including phenoxy) is 3. The number of hydrogen-bond acceptors (Lipinski definition) is 5. The fourth-order valence-corrected chi connectivity index (χ4v) is 4.05. The van der Waals surface area contributed by atoms with Gasteiger partial charge in [0.15, 0.2) is 5.78 Å². The number of halogens is 3. The van der Waals surface area contributed by atoms with Gasteiger partial charge in [0.05, 0.1) is 31.9 Å². The van der Waals surface area contributed by atoms with Crippen molar-refractivity contribution in [1.29, 1.82) is 0 Å². The summed E-state index contributed by atoms with van der Waals surface area (Å²) in [6, 6.07) is 5.46. The number of Topliss-reactive ketones (excluding diaryl/α,β-unsaturated/α-hetero) is 1. The minimum atomic E-state index is -4.71. The lowest BCUT2D eigenvalue weighted by atomic mass is 9.88. The molecule has 0 unspecified atom stereocenters. The van der Waals surface area contributed by atoms with Gasteiger partial charge in [0, 0.05) is 25.4 Å². The van der Waals surface area contributed by atoms with Gasteiger partial charge < -0.3 is 24.0 Å². The number of amides is 2. The van der Waals surface area contributed by atoms with Crippen LogP contribution < -0.4 is 4.74 Å². The number of rotatable bonds is 4. The summed E-state index contributed by atoms with van der Waals surface area (Å²) in [5.41, 5.74) is 0.721. The van der Waals surface area contributed by atoms with Gasteiger partial charge in [-0.1, -0.05) is 12.1 Å². The highest BCUT2D eigenvalue weighted by Crippen LogP contribution is 2.29. The van der Waals surface area contributed by atoms with Gasteiger partial charge >= 0.3 is 12.4 Å². The predicted molar refractivity (Wildman–Crippen MR) is 97.7 cm³/mol. The third kappa shape index (κ3) is 5.04. The van der Waals surface area contributed by atoms with E-state index in [1.807, 2.05) is 0 Å². The van der Waals surface area contributed by atoms with Crippen molar-refractivity contribution in [2.24, 2.45) is 5.92 Å². The van der Waals surface area contributed by atoms with Gasteiger partial charge in [-0.25, -0.2) is 4.79 Å². The van der Waals surface area contributed by atoms with E-state index in [0.29, 0.717) is 32.6 Å². The molecule has 2 atom stereocenters. The molecule has 0 aliphatic carbocycles. The molecule has 2 amide bonds. The zero-order valence-corrected chi connectivity index (χ0v) is 16.3. The maximum Gasteiger partial charge on any atom is 0.573 e. The quantitative estimate of drug-likeness (QED) is 0.738. The van der Waals surface area contributed by atoms with Crippen molar-refractivity contribution in [1.82, 2.24) is 9.80 Å². The van der Waals surface area contributed by atoms with Crippen LogP contribution in [0.3, 0.4) is 0 Å². The molecule has 0 saturated carbocycles. The molecule has 3 aliphatic rings. The van der Waals surface area contributed by atoms with Crippen molar-refractivity contribution in [2.45, 2.75) is 38.0 Å². The highest BCUT2D eigenvalue weighted by Gasteiger charge is 2.40. The van der Waals surface area contributed by atoms with Crippen molar-refractivity contribution < 1.29 is 37.0 Å². The third-order valence-electron chi connectivity index (χ3n) is 5.64. The van der Waals surface area contributed by atoms with E-state index in [-0.39, 0.29) is 48.9 Å². The molecule has 4 rings (SSSR count). The van der Waals surface area contributed by atoms with E-state index in [9.17, 15) is 22.8 Å². The van der Waals surface area contributed by atoms with Gasteiger partial charge in [0.2, 0.25) is 0 Å². The summed E-state index contributed by atoms with van der Waals surface area (Å²) in [6.45, 7) is 2.50. The Kier molecular flexibility index (Phi) is 5.88. The predicted octanol–water partition coefficient (Wildman–Crippen LogP) is 2.59. The highest BCUT2D eigenvalue weighted by molar-refractivity contribution is 5.81. The van der Waals surface area contributed by atoms with Gasteiger partial charge in [0.1, 0.15) is 12.4 Å². The number of benzene rings is 1. The van der Waals surface area contributed by atoms with Crippen LogP contribution in [0, 0.1) is 5.92 Å². The number of fused-ring (bicyclic) bond motifs is 1. The van der Waals surface area contributed by atoms with Crippen LogP contribution >= 0.6 is 0 Å². The molecule has 10 heteroatoms. The van der Waals surface area contributed by atoms with Gasteiger partial charge in [-0.2, -0.15) is 0 Å². The smallest absolute Gasteiger partial charge is 0.406 e. The number of nitrogens with zero attached hydrogens (tertiary/aromatic N) is 2. The van der Waals surface area contributed by atoms with Crippen LogP contribution in [-0.4, -0.2) is 73.0 Å². The molecule has 1 aromatic rings. The monoisotopic (exact) mass is 428 g/mol. The molecular weight excluding hydrogens is 405 g/mol. The number of likely N-dealkylation sites (tertiary alicyclic amines) is 2. The van der Waals surface area contributed by atoms with Crippen LogP contribution in [0.5, 0.6) is 5.75 Å². The van der Waals surface area contributed by atoms with Crippen molar-refractivity contribution in [3.8, 4) is 5.75 Å².